The first-order valence-corrected chi connectivity index (χ1v) is 8.53. The SMILES string of the molecule is NCCOc1cccc(Nc2cncc(-c3cccc(CC(N)=O)c3)n2)c1. The van der Waals surface area contributed by atoms with Gasteiger partial charge in [0.05, 0.1) is 24.5 Å². The minimum atomic E-state index is -0.370. The molecule has 2 aromatic carbocycles. The van der Waals surface area contributed by atoms with Crippen molar-refractivity contribution in [1.82, 2.24) is 9.97 Å². The monoisotopic (exact) mass is 363 g/mol. The average molecular weight is 363 g/mol. The number of ether oxygens (including phenoxy) is 1. The molecule has 0 fully saturated rings. The predicted octanol–water partition coefficient (Wildman–Crippen LogP) is 2.25. The minimum absolute atomic E-state index is 0.189. The highest BCUT2D eigenvalue weighted by Gasteiger charge is 2.06. The molecular formula is C20H21N5O2. The smallest absolute Gasteiger partial charge is 0.221 e. The number of nitrogens with one attached hydrogen (secondary N) is 1. The Kier molecular flexibility index (Phi) is 5.96. The second-order valence-corrected chi connectivity index (χ2v) is 5.92. The number of hydrogen-bond acceptors (Lipinski definition) is 6. The third-order valence-electron chi connectivity index (χ3n) is 3.73. The first-order chi connectivity index (χ1) is 13.1. The van der Waals surface area contributed by atoms with E-state index < -0.39 is 0 Å². The van der Waals surface area contributed by atoms with Crippen LogP contribution in [0.25, 0.3) is 11.3 Å². The molecule has 0 spiro atoms. The second kappa shape index (κ2) is 8.77. The van der Waals surface area contributed by atoms with Crippen LogP contribution in [0.1, 0.15) is 5.56 Å². The summed E-state index contributed by atoms with van der Waals surface area (Å²) in [5.41, 5.74) is 14.0. The number of hydrogen-bond donors (Lipinski definition) is 3. The van der Waals surface area contributed by atoms with Crippen molar-refractivity contribution in [2.24, 2.45) is 11.5 Å². The molecule has 7 nitrogen and oxygen atoms in total. The first-order valence-electron chi connectivity index (χ1n) is 8.53. The Labute approximate surface area is 157 Å². The lowest BCUT2D eigenvalue weighted by molar-refractivity contribution is -0.117. The summed E-state index contributed by atoms with van der Waals surface area (Å²) in [4.78, 5) is 20.0. The van der Waals surface area contributed by atoms with Gasteiger partial charge in [-0.05, 0) is 23.8 Å². The number of nitrogens with zero attached hydrogens (tertiary/aromatic N) is 2. The fourth-order valence-electron chi connectivity index (χ4n) is 2.60. The Balaban J connectivity index is 1.79. The Morgan fingerprint density at radius 2 is 1.96 bits per heavy atom. The number of carbonyl (C=O) groups excluding carboxylic acids is 1. The Bertz CT molecular complexity index is 930. The van der Waals surface area contributed by atoms with Crippen LogP contribution in [0, 0.1) is 0 Å². The number of rotatable bonds is 8. The number of anilines is 2. The van der Waals surface area contributed by atoms with Crippen LogP contribution in [0.3, 0.4) is 0 Å². The summed E-state index contributed by atoms with van der Waals surface area (Å²) in [6.07, 6.45) is 3.51. The van der Waals surface area contributed by atoms with Gasteiger partial charge in [-0.1, -0.05) is 24.3 Å². The molecule has 1 heterocycles. The minimum Gasteiger partial charge on any atom is -0.492 e. The van der Waals surface area contributed by atoms with Gasteiger partial charge < -0.3 is 21.5 Å². The highest BCUT2D eigenvalue weighted by atomic mass is 16.5. The number of nitrogens with two attached hydrogens (primary N) is 2. The zero-order valence-corrected chi connectivity index (χ0v) is 14.8. The lowest BCUT2D eigenvalue weighted by Crippen LogP contribution is -2.13. The zero-order chi connectivity index (χ0) is 19.1. The van der Waals surface area contributed by atoms with E-state index in [-0.39, 0.29) is 12.3 Å². The molecule has 3 aromatic rings. The van der Waals surface area contributed by atoms with Crippen molar-refractivity contribution in [2.75, 3.05) is 18.5 Å². The van der Waals surface area contributed by atoms with E-state index in [0.29, 0.717) is 24.7 Å². The summed E-state index contributed by atoms with van der Waals surface area (Å²) in [7, 11) is 0. The van der Waals surface area contributed by atoms with E-state index in [1.54, 1.807) is 12.4 Å². The normalized spacial score (nSPS) is 10.4. The van der Waals surface area contributed by atoms with E-state index in [2.05, 4.69) is 15.3 Å². The van der Waals surface area contributed by atoms with Gasteiger partial charge in [0.15, 0.2) is 0 Å². The fraction of sp³-hybridized carbons (Fsp3) is 0.150. The summed E-state index contributed by atoms with van der Waals surface area (Å²) in [6.45, 7) is 0.917. The summed E-state index contributed by atoms with van der Waals surface area (Å²) < 4.78 is 5.53. The van der Waals surface area contributed by atoms with Gasteiger partial charge in [0.2, 0.25) is 5.91 Å². The van der Waals surface area contributed by atoms with Crippen LogP contribution < -0.4 is 21.5 Å². The van der Waals surface area contributed by atoms with Gasteiger partial charge in [-0.2, -0.15) is 0 Å². The zero-order valence-electron chi connectivity index (χ0n) is 14.8. The molecular weight excluding hydrogens is 342 g/mol. The summed E-state index contributed by atoms with van der Waals surface area (Å²) >= 11 is 0. The molecule has 0 bridgehead atoms. The molecule has 1 amide bonds. The number of amides is 1. The van der Waals surface area contributed by atoms with Crippen LogP contribution in [0.2, 0.25) is 0 Å². The van der Waals surface area contributed by atoms with Crippen molar-refractivity contribution < 1.29 is 9.53 Å². The highest BCUT2D eigenvalue weighted by molar-refractivity contribution is 5.77. The topological polar surface area (TPSA) is 116 Å². The van der Waals surface area contributed by atoms with Gasteiger partial charge in [0.1, 0.15) is 18.2 Å². The molecule has 0 unspecified atom stereocenters. The third kappa shape index (κ3) is 5.26. The number of primary amides is 1. The molecule has 27 heavy (non-hydrogen) atoms. The van der Waals surface area contributed by atoms with Gasteiger partial charge in [-0.15, -0.1) is 0 Å². The molecule has 3 rings (SSSR count). The van der Waals surface area contributed by atoms with E-state index in [1.165, 1.54) is 0 Å². The summed E-state index contributed by atoms with van der Waals surface area (Å²) in [5.74, 6) is 0.961. The number of carbonyl (C=O) groups is 1. The summed E-state index contributed by atoms with van der Waals surface area (Å²) in [6, 6.07) is 15.1. The number of aromatic nitrogens is 2. The molecule has 0 aliphatic rings. The van der Waals surface area contributed by atoms with E-state index in [0.717, 1.165) is 22.6 Å². The lowest BCUT2D eigenvalue weighted by atomic mass is 10.1. The van der Waals surface area contributed by atoms with Crippen LogP contribution in [0.4, 0.5) is 11.5 Å². The van der Waals surface area contributed by atoms with E-state index >= 15 is 0 Å². The lowest BCUT2D eigenvalue weighted by Gasteiger charge is -2.10. The molecule has 1 aromatic heterocycles. The maximum absolute atomic E-state index is 11.1. The molecule has 0 aliphatic heterocycles. The fourth-order valence-corrected chi connectivity index (χ4v) is 2.60. The molecule has 7 heteroatoms. The van der Waals surface area contributed by atoms with Crippen molar-refractivity contribution in [3.63, 3.8) is 0 Å². The van der Waals surface area contributed by atoms with Crippen LogP contribution in [-0.4, -0.2) is 29.0 Å². The molecule has 0 saturated heterocycles. The quantitative estimate of drug-likeness (QED) is 0.565. The van der Waals surface area contributed by atoms with Crippen LogP contribution >= 0.6 is 0 Å². The van der Waals surface area contributed by atoms with Gasteiger partial charge in [0, 0.05) is 23.9 Å². The molecule has 0 radical (unpaired) electrons. The third-order valence-corrected chi connectivity index (χ3v) is 3.73. The van der Waals surface area contributed by atoms with Gasteiger partial charge in [0.25, 0.3) is 0 Å². The van der Waals surface area contributed by atoms with Crippen molar-refractivity contribution in [1.29, 1.82) is 0 Å². The van der Waals surface area contributed by atoms with Crippen LogP contribution in [0.5, 0.6) is 5.75 Å². The number of benzene rings is 2. The molecule has 0 aliphatic carbocycles. The summed E-state index contributed by atoms with van der Waals surface area (Å²) in [5, 5.41) is 3.22. The van der Waals surface area contributed by atoms with Crippen molar-refractivity contribution in [2.45, 2.75) is 6.42 Å². The highest BCUT2D eigenvalue weighted by Crippen LogP contribution is 2.23. The largest absolute Gasteiger partial charge is 0.492 e. The van der Waals surface area contributed by atoms with E-state index in [4.69, 9.17) is 16.2 Å². The van der Waals surface area contributed by atoms with Gasteiger partial charge >= 0.3 is 0 Å². The maximum Gasteiger partial charge on any atom is 0.221 e. The van der Waals surface area contributed by atoms with Gasteiger partial charge in [-0.3, -0.25) is 9.78 Å². The van der Waals surface area contributed by atoms with Crippen molar-refractivity contribution in [3.8, 4) is 17.0 Å². The van der Waals surface area contributed by atoms with E-state index in [1.807, 2.05) is 48.5 Å². The predicted molar refractivity (Wildman–Crippen MR) is 105 cm³/mol. The van der Waals surface area contributed by atoms with Crippen LogP contribution in [0.15, 0.2) is 60.9 Å². The average Bonchev–Trinajstić information content (AvgIpc) is 2.67. The first kappa shape index (κ1) is 18.3. The molecule has 138 valence electrons. The molecule has 0 atom stereocenters. The van der Waals surface area contributed by atoms with Crippen LogP contribution in [-0.2, 0) is 11.2 Å². The van der Waals surface area contributed by atoms with Crippen molar-refractivity contribution in [3.05, 3.63) is 66.5 Å². The Morgan fingerprint density at radius 3 is 2.78 bits per heavy atom. The Morgan fingerprint density at radius 1 is 1.11 bits per heavy atom. The van der Waals surface area contributed by atoms with Crippen molar-refractivity contribution >= 4 is 17.4 Å². The van der Waals surface area contributed by atoms with E-state index in [9.17, 15) is 4.79 Å². The Hall–Kier alpha value is -3.45. The molecule has 5 N–H and O–H groups in total. The van der Waals surface area contributed by atoms with Gasteiger partial charge in [-0.25, -0.2) is 4.98 Å². The second-order valence-electron chi connectivity index (χ2n) is 5.92. The standard InChI is InChI=1S/C20H21N5O2/c21-7-8-27-17-6-2-5-16(11-17)24-20-13-23-12-18(25-20)15-4-1-3-14(9-15)10-19(22)26/h1-6,9,11-13H,7-8,10,21H2,(H2,22,26)(H,24,25). The maximum atomic E-state index is 11.1. The molecule has 0 saturated carbocycles.